The van der Waals surface area contributed by atoms with Crippen molar-refractivity contribution in [1.29, 1.82) is 0 Å². The highest BCUT2D eigenvalue weighted by atomic mass is 32.2. The van der Waals surface area contributed by atoms with Crippen LogP contribution in [0.25, 0.3) is 0 Å². The van der Waals surface area contributed by atoms with Crippen molar-refractivity contribution < 1.29 is 8.42 Å². The van der Waals surface area contributed by atoms with Crippen molar-refractivity contribution in [2.45, 2.75) is 51.5 Å². The molecule has 0 aromatic rings. The van der Waals surface area contributed by atoms with E-state index < -0.39 is 9.84 Å². The zero-order valence-corrected chi connectivity index (χ0v) is 14.2. The molecule has 120 valence electrons. The zero-order valence-electron chi connectivity index (χ0n) is 13.4. The average Bonchev–Trinajstić information content (AvgIpc) is 2.58. The molecule has 1 rings (SSSR count). The number of hydrogen-bond donors (Lipinski definition) is 1. The Morgan fingerprint density at radius 2 is 1.90 bits per heavy atom. The normalized spacial score (nSPS) is 24.8. The van der Waals surface area contributed by atoms with Gasteiger partial charge in [0.2, 0.25) is 0 Å². The van der Waals surface area contributed by atoms with Gasteiger partial charge in [-0.2, -0.15) is 0 Å². The first-order chi connectivity index (χ1) is 9.42. The Bertz CT molecular complexity index is 357. The van der Waals surface area contributed by atoms with Gasteiger partial charge in [-0.1, -0.05) is 26.2 Å². The van der Waals surface area contributed by atoms with Crippen molar-refractivity contribution in [2.75, 3.05) is 38.7 Å². The van der Waals surface area contributed by atoms with E-state index in [1.165, 1.54) is 44.8 Å². The molecular weight excluding hydrogens is 272 g/mol. The topological polar surface area (TPSA) is 49.4 Å². The summed E-state index contributed by atoms with van der Waals surface area (Å²) in [6.45, 7) is 4.96. The lowest BCUT2D eigenvalue weighted by molar-refractivity contribution is 0.231. The molecule has 0 heterocycles. The lowest BCUT2D eigenvalue weighted by Crippen LogP contribution is -2.42. The molecule has 5 heteroatoms. The molecule has 0 bridgehead atoms. The summed E-state index contributed by atoms with van der Waals surface area (Å²) >= 11 is 0. The maximum absolute atomic E-state index is 11.2. The van der Waals surface area contributed by atoms with Crippen molar-refractivity contribution in [3.63, 3.8) is 0 Å². The molecule has 2 unspecified atom stereocenters. The molecule has 0 amide bonds. The van der Waals surface area contributed by atoms with Gasteiger partial charge < -0.3 is 10.2 Å². The van der Waals surface area contributed by atoms with Gasteiger partial charge in [-0.05, 0) is 38.8 Å². The second-order valence-corrected chi connectivity index (χ2v) is 8.61. The lowest BCUT2D eigenvalue weighted by atomic mass is 9.94. The number of nitrogens with zero attached hydrogens (tertiary/aromatic N) is 1. The molecule has 0 aromatic heterocycles. The van der Waals surface area contributed by atoms with Crippen LogP contribution in [0.2, 0.25) is 0 Å². The van der Waals surface area contributed by atoms with E-state index in [-0.39, 0.29) is 5.75 Å². The molecule has 1 fully saturated rings. The molecule has 1 N–H and O–H groups in total. The van der Waals surface area contributed by atoms with Crippen LogP contribution in [0.3, 0.4) is 0 Å². The molecule has 0 aliphatic heterocycles. The third-order valence-electron chi connectivity index (χ3n) is 4.21. The fourth-order valence-corrected chi connectivity index (χ4v) is 3.66. The lowest BCUT2D eigenvalue weighted by Gasteiger charge is -2.30. The van der Waals surface area contributed by atoms with Crippen LogP contribution in [0.5, 0.6) is 0 Å². The van der Waals surface area contributed by atoms with Crippen molar-refractivity contribution >= 4 is 9.84 Å². The third kappa shape index (κ3) is 7.60. The van der Waals surface area contributed by atoms with Gasteiger partial charge in [0.15, 0.2) is 0 Å². The summed E-state index contributed by atoms with van der Waals surface area (Å²) < 4.78 is 22.5. The Kier molecular flexibility index (Phi) is 8.07. The molecule has 0 radical (unpaired) electrons. The minimum Gasteiger partial charge on any atom is -0.314 e. The number of rotatable bonds is 8. The van der Waals surface area contributed by atoms with Crippen LogP contribution in [-0.2, 0) is 9.84 Å². The first-order valence-corrected chi connectivity index (χ1v) is 10.1. The molecule has 1 aliphatic carbocycles. The Balaban J connectivity index is 2.46. The van der Waals surface area contributed by atoms with Crippen molar-refractivity contribution in [3.8, 4) is 0 Å². The number of hydrogen-bond acceptors (Lipinski definition) is 4. The summed E-state index contributed by atoms with van der Waals surface area (Å²) in [5.41, 5.74) is 0. The van der Waals surface area contributed by atoms with E-state index in [4.69, 9.17) is 0 Å². The van der Waals surface area contributed by atoms with Crippen LogP contribution in [0, 0.1) is 5.92 Å². The van der Waals surface area contributed by atoms with E-state index in [9.17, 15) is 8.42 Å². The van der Waals surface area contributed by atoms with E-state index in [1.54, 1.807) is 0 Å². The van der Waals surface area contributed by atoms with Gasteiger partial charge >= 0.3 is 0 Å². The Hall–Kier alpha value is -0.130. The highest BCUT2D eigenvalue weighted by molar-refractivity contribution is 7.90. The standard InChI is InChI=1S/C15H32N2O2S/c1-4-10-16-15-9-7-5-6-8-14(15)13-17(2)11-12-20(3,18)19/h14-16H,4-13H2,1-3H3. The molecule has 1 saturated carbocycles. The van der Waals surface area contributed by atoms with E-state index in [2.05, 4.69) is 17.1 Å². The van der Waals surface area contributed by atoms with Crippen LogP contribution < -0.4 is 5.32 Å². The molecule has 20 heavy (non-hydrogen) atoms. The Morgan fingerprint density at radius 3 is 2.55 bits per heavy atom. The molecule has 2 atom stereocenters. The van der Waals surface area contributed by atoms with Gasteiger partial charge in [-0.15, -0.1) is 0 Å². The summed E-state index contributed by atoms with van der Waals surface area (Å²) in [5.74, 6) is 0.928. The molecule has 0 saturated heterocycles. The minimum atomic E-state index is -2.85. The summed E-state index contributed by atoms with van der Waals surface area (Å²) in [5, 5.41) is 3.69. The SMILES string of the molecule is CCCNC1CCCCCC1CN(C)CCS(C)(=O)=O. The van der Waals surface area contributed by atoms with E-state index in [0.29, 0.717) is 18.5 Å². The summed E-state index contributed by atoms with van der Waals surface area (Å²) in [6.07, 6.45) is 9.01. The predicted octanol–water partition coefficient (Wildman–Crippen LogP) is 1.91. The monoisotopic (exact) mass is 304 g/mol. The van der Waals surface area contributed by atoms with Crippen LogP contribution in [0.15, 0.2) is 0 Å². The number of sulfone groups is 1. The summed E-state index contributed by atoms with van der Waals surface area (Å²) in [7, 11) is -0.804. The van der Waals surface area contributed by atoms with Crippen LogP contribution in [0.1, 0.15) is 45.4 Å². The highest BCUT2D eigenvalue weighted by Gasteiger charge is 2.24. The third-order valence-corrected chi connectivity index (χ3v) is 5.13. The van der Waals surface area contributed by atoms with E-state index >= 15 is 0 Å². The average molecular weight is 304 g/mol. The van der Waals surface area contributed by atoms with Crippen molar-refractivity contribution in [1.82, 2.24) is 10.2 Å². The van der Waals surface area contributed by atoms with Crippen molar-refractivity contribution in [2.24, 2.45) is 5.92 Å². The quantitative estimate of drug-likeness (QED) is 0.696. The van der Waals surface area contributed by atoms with Gasteiger partial charge in [-0.3, -0.25) is 0 Å². The molecule has 0 spiro atoms. The smallest absolute Gasteiger partial charge is 0.148 e. The summed E-state index contributed by atoms with van der Waals surface area (Å²) in [6, 6.07) is 0.609. The molecular formula is C15H32N2O2S. The van der Waals surface area contributed by atoms with Crippen LogP contribution >= 0.6 is 0 Å². The minimum absolute atomic E-state index is 0.267. The van der Waals surface area contributed by atoms with Gasteiger partial charge in [0, 0.05) is 25.4 Å². The first kappa shape index (κ1) is 17.9. The second kappa shape index (κ2) is 9.00. The van der Waals surface area contributed by atoms with Gasteiger partial charge in [-0.25, -0.2) is 8.42 Å². The van der Waals surface area contributed by atoms with Crippen LogP contribution in [-0.4, -0.2) is 58.1 Å². The molecule has 4 nitrogen and oxygen atoms in total. The fourth-order valence-electron chi connectivity index (χ4n) is 3.01. The molecule has 0 aromatic carbocycles. The maximum atomic E-state index is 11.2. The fraction of sp³-hybridized carbons (Fsp3) is 1.00. The largest absolute Gasteiger partial charge is 0.314 e. The van der Waals surface area contributed by atoms with Gasteiger partial charge in [0.1, 0.15) is 9.84 Å². The second-order valence-electron chi connectivity index (χ2n) is 6.35. The summed E-state index contributed by atoms with van der Waals surface area (Å²) in [4.78, 5) is 2.19. The van der Waals surface area contributed by atoms with E-state index in [1.807, 2.05) is 7.05 Å². The highest BCUT2D eigenvalue weighted by Crippen LogP contribution is 2.24. The first-order valence-electron chi connectivity index (χ1n) is 8.02. The van der Waals surface area contributed by atoms with Crippen LogP contribution in [0.4, 0.5) is 0 Å². The van der Waals surface area contributed by atoms with E-state index in [0.717, 1.165) is 13.1 Å². The Labute approximate surface area is 125 Å². The van der Waals surface area contributed by atoms with Crippen molar-refractivity contribution in [3.05, 3.63) is 0 Å². The maximum Gasteiger partial charge on any atom is 0.148 e. The number of nitrogens with one attached hydrogen (secondary N) is 1. The van der Waals surface area contributed by atoms with Gasteiger partial charge in [0.05, 0.1) is 5.75 Å². The predicted molar refractivity (Wildman–Crippen MR) is 85.9 cm³/mol. The Morgan fingerprint density at radius 1 is 1.20 bits per heavy atom. The zero-order chi connectivity index (χ0) is 15.0. The molecule has 1 aliphatic rings. The van der Waals surface area contributed by atoms with Gasteiger partial charge in [0.25, 0.3) is 0 Å².